The minimum atomic E-state index is -4.59. The number of hydrogen-bond acceptors (Lipinski definition) is 4. The highest BCUT2D eigenvalue weighted by atomic mass is 32.2. The molecule has 0 spiro atoms. The molecule has 0 radical (unpaired) electrons. The Labute approximate surface area is 104 Å². The van der Waals surface area contributed by atoms with Gasteiger partial charge in [0, 0.05) is 12.5 Å². The van der Waals surface area contributed by atoms with E-state index in [4.69, 9.17) is 0 Å². The van der Waals surface area contributed by atoms with Gasteiger partial charge in [0.2, 0.25) is 0 Å². The first kappa shape index (κ1) is 14.5. The van der Waals surface area contributed by atoms with Gasteiger partial charge in [-0.25, -0.2) is 0 Å². The molecule has 1 rings (SSSR count). The molecule has 0 unspecified atom stereocenters. The second-order valence-corrected chi connectivity index (χ2v) is 4.59. The molecule has 0 aliphatic carbocycles. The molecule has 0 N–H and O–H groups in total. The fraction of sp³-hybridized carbons (Fsp3) is 0.300. The summed E-state index contributed by atoms with van der Waals surface area (Å²) in [7, 11) is 0. The molecule has 1 aromatic carbocycles. The fourth-order valence-electron chi connectivity index (χ4n) is 1.31. The predicted molar refractivity (Wildman–Crippen MR) is 59.4 cm³/mol. The quantitative estimate of drug-likeness (QED) is 0.482. The number of nitro benzene ring substituents is 1. The van der Waals surface area contributed by atoms with Gasteiger partial charge in [0.05, 0.1) is 9.82 Å². The lowest BCUT2D eigenvalue weighted by Gasteiger charge is -2.07. The van der Waals surface area contributed by atoms with E-state index in [0.717, 1.165) is 12.1 Å². The molecular formula is C10H8F3NO3S. The van der Waals surface area contributed by atoms with Crippen LogP contribution in [0.2, 0.25) is 0 Å². The summed E-state index contributed by atoms with van der Waals surface area (Å²) in [6.45, 7) is 1.30. The summed E-state index contributed by atoms with van der Waals surface area (Å²) < 4.78 is 36.5. The van der Waals surface area contributed by atoms with Crippen molar-refractivity contribution in [2.24, 2.45) is 0 Å². The smallest absolute Gasteiger partial charge is 0.300 e. The maximum Gasteiger partial charge on any atom is 0.446 e. The largest absolute Gasteiger partial charge is 0.446 e. The standard InChI is InChI=1S/C10H8F3NO3S/c1-6(15)4-7-2-3-9(18-10(11,12)13)8(5-7)14(16)17/h2-3,5H,4H2,1H3. The van der Waals surface area contributed by atoms with E-state index < -0.39 is 32.8 Å². The lowest BCUT2D eigenvalue weighted by atomic mass is 10.1. The first-order valence-electron chi connectivity index (χ1n) is 4.71. The van der Waals surface area contributed by atoms with Gasteiger partial charge in [0.25, 0.3) is 5.69 Å². The van der Waals surface area contributed by atoms with Crippen molar-refractivity contribution in [3.63, 3.8) is 0 Å². The molecule has 0 fully saturated rings. The zero-order chi connectivity index (χ0) is 13.9. The van der Waals surface area contributed by atoms with E-state index in [1.165, 1.54) is 13.0 Å². The number of hydrogen-bond donors (Lipinski definition) is 0. The van der Waals surface area contributed by atoms with Gasteiger partial charge < -0.3 is 0 Å². The van der Waals surface area contributed by atoms with Gasteiger partial charge in [0.1, 0.15) is 5.78 Å². The summed E-state index contributed by atoms with van der Waals surface area (Å²) >= 11 is -0.543. The Hall–Kier alpha value is -1.57. The molecule has 0 aromatic heterocycles. The van der Waals surface area contributed by atoms with Crippen LogP contribution in [-0.4, -0.2) is 16.2 Å². The summed E-state index contributed by atoms with van der Waals surface area (Å²) in [4.78, 5) is 20.2. The fourth-order valence-corrected chi connectivity index (χ4v) is 1.94. The molecule has 0 atom stereocenters. The third-order valence-corrected chi connectivity index (χ3v) is 2.70. The molecule has 0 saturated carbocycles. The van der Waals surface area contributed by atoms with E-state index in [9.17, 15) is 28.1 Å². The molecule has 18 heavy (non-hydrogen) atoms. The van der Waals surface area contributed by atoms with Gasteiger partial charge in [-0.05, 0) is 30.3 Å². The zero-order valence-electron chi connectivity index (χ0n) is 9.15. The van der Waals surface area contributed by atoms with Crippen molar-refractivity contribution in [1.82, 2.24) is 0 Å². The number of carbonyl (C=O) groups excluding carboxylic acids is 1. The minimum Gasteiger partial charge on any atom is -0.300 e. The lowest BCUT2D eigenvalue weighted by Crippen LogP contribution is -2.03. The molecule has 0 heterocycles. The molecule has 0 aliphatic heterocycles. The van der Waals surface area contributed by atoms with E-state index in [-0.39, 0.29) is 12.2 Å². The van der Waals surface area contributed by atoms with Crippen LogP contribution in [0.25, 0.3) is 0 Å². The molecule has 0 amide bonds. The van der Waals surface area contributed by atoms with Crippen LogP contribution in [0.5, 0.6) is 0 Å². The van der Waals surface area contributed by atoms with Crippen molar-refractivity contribution in [2.75, 3.05) is 0 Å². The highest BCUT2D eigenvalue weighted by Gasteiger charge is 2.33. The van der Waals surface area contributed by atoms with Crippen molar-refractivity contribution >= 4 is 23.2 Å². The highest BCUT2D eigenvalue weighted by molar-refractivity contribution is 8.00. The van der Waals surface area contributed by atoms with Gasteiger partial charge >= 0.3 is 5.51 Å². The SMILES string of the molecule is CC(=O)Cc1ccc(SC(F)(F)F)c([N+](=O)[O-])c1. The van der Waals surface area contributed by atoms with Crippen molar-refractivity contribution in [2.45, 2.75) is 23.7 Å². The van der Waals surface area contributed by atoms with Gasteiger partial charge in [-0.3, -0.25) is 14.9 Å². The number of halogens is 3. The summed E-state index contributed by atoms with van der Waals surface area (Å²) in [5.74, 6) is -0.222. The third kappa shape index (κ3) is 4.36. The van der Waals surface area contributed by atoms with Crippen LogP contribution < -0.4 is 0 Å². The first-order chi connectivity index (χ1) is 8.19. The highest BCUT2D eigenvalue weighted by Crippen LogP contribution is 2.41. The Balaban J connectivity index is 3.12. The molecule has 8 heteroatoms. The van der Waals surface area contributed by atoms with E-state index in [1.54, 1.807) is 0 Å². The molecule has 4 nitrogen and oxygen atoms in total. The number of Topliss-reactive ketones (excluding diaryl/α,β-unsaturated/α-hetero) is 1. The maximum absolute atomic E-state index is 12.2. The summed E-state index contributed by atoms with van der Waals surface area (Å²) in [5, 5.41) is 10.7. The maximum atomic E-state index is 12.2. The number of benzene rings is 1. The molecule has 98 valence electrons. The third-order valence-electron chi connectivity index (χ3n) is 1.90. The molecule has 1 aromatic rings. The van der Waals surface area contributed by atoms with Crippen molar-refractivity contribution in [3.05, 3.63) is 33.9 Å². The number of rotatable bonds is 4. The Kier molecular flexibility index (Phi) is 4.33. The average molecular weight is 279 g/mol. The van der Waals surface area contributed by atoms with E-state index in [1.807, 2.05) is 0 Å². The molecular weight excluding hydrogens is 271 g/mol. The van der Waals surface area contributed by atoms with Gasteiger partial charge in [-0.1, -0.05) is 6.07 Å². The molecule has 0 aliphatic rings. The van der Waals surface area contributed by atoms with E-state index in [0.29, 0.717) is 5.56 Å². The number of alkyl halides is 3. The Bertz CT molecular complexity index is 488. The summed E-state index contributed by atoms with van der Waals surface area (Å²) in [5.41, 5.74) is -4.91. The van der Waals surface area contributed by atoms with Gasteiger partial charge in [0.15, 0.2) is 0 Å². The van der Waals surface area contributed by atoms with Crippen molar-refractivity contribution in [1.29, 1.82) is 0 Å². The van der Waals surface area contributed by atoms with Crippen LogP contribution in [0.1, 0.15) is 12.5 Å². The van der Waals surface area contributed by atoms with Crippen LogP contribution in [0.15, 0.2) is 23.1 Å². The summed E-state index contributed by atoms with van der Waals surface area (Å²) in [6, 6.07) is 3.28. The Morgan fingerprint density at radius 3 is 2.50 bits per heavy atom. The van der Waals surface area contributed by atoms with E-state index in [2.05, 4.69) is 0 Å². The molecule has 0 bridgehead atoms. The monoisotopic (exact) mass is 279 g/mol. The van der Waals surface area contributed by atoms with Crippen LogP contribution in [-0.2, 0) is 11.2 Å². The second-order valence-electron chi connectivity index (χ2n) is 3.49. The van der Waals surface area contributed by atoms with Gasteiger partial charge in [-0.2, -0.15) is 13.2 Å². The average Bonchev–Trinajstić information content (AvgIpc) is 2.17. The first-order valence-corrected chi connectivity index (χ1v) is 5.53. The zero-order valence-corrected chi connectivity index (χ0v) is 9.97. The van der Waals surface area contributed by atoms with Crippen LogP contribution >= 0.6 is 11.8 Å². The summed E-state index contributed by atoms with van der Waals surface area (Å²) in [6.07, 6.45) is -0.0438. The number of thioether (sulfide) groups is 1. The number of nitro groups is 1. The second kappa shape index (κ2) is 5.38. The normalized spacial score (nSPS) is 11.3. The topological polar surface area (TPSA) is 60.2 Å². The number of carbonyl (C=O) groups is 1. The Morgan fingerprint density at radius 1 is 1.44 bits per heavy atom. The predicted octanol–water partition coefficient (Wildman–Crippen LogP) is 3.34. The lowest BCUT2D eigenvalue weighted by molar-refractivity contribution is -0.387. The van der Waals surface area contributed by atoms with Crippen LogP contribution in [0.4, 0.5) is 18.9 Å². The van der Waals surface area contributed by atoms with Crippen LogP contribution in [0, 0.1) is 10.1 Å². The number of ketones is 1. The molecule has 0 saturated heterocycles. The van der Waals surface area contributed by atoms with Crippen LogP contribution in [0.3, 0.4) is 0 Å². The number of nitrogens with zero attached hydrogens (tertiary/aromatic N) is 1. The minimum absolute atomic E-state index is 0.0438. The van der Waals surface area contributed by atoms with Crippen molar-refractivity contribution < 1.29 is 22.9 Å². The van der Waals surface area contributed by atoms with Crippen molar-refractivity contribution in [3.8, 4) is 0 Å². The Morgan fingerprint density at radius 2 is 2.06 bits per heavy atom. The van der Waals surface area contributed by atoms with Gasteiger partial charge in [-0.15, -0.1) is 0 Å². The van der Waals surface area contributed by atoms with E-state index >= 15 is 0 Å².